The minimum atomic E-state index is -1.12. The van der Waals surface area contributed by atoms with E-state index in [1.807, 2.05) is 0 Å². The lowest BCUT2D eigenvalue weighted by Gasteiger charge is -2.35. The van der Waals surface area contributed by atoms with Crippen molar-refractivity contribution in [2.24, 2.45) is 11.8 Å². The number of likely N-dealkylation sites (tertiary alicyclic amines) is 1. The van der Waals surface area contributed by atoms with Crippen LogP contribution in [0.25, 0.3) is 0 Å². The number of rotatable bonds is 10. The number of nitrogens with one attached hydrogen (secondary N) is 5. The summed E-state index contributed by atoms with van der Waals surface area (Å²) < 4.78 is 16.4. The van der Waals surface area contributed by atoms with Crippen LogP contribution in [0.4, 0.5) is 4.79 Å². The van der Waals surface area contributed by atoms with Gasteiger partial charge in [0.25, 0.3) is 5.91 Å². The molecule has 0 bridgehead atoms. The normalized spacial score (nSPS) is 22.0. The summed E-state index contributed by atoms with van der Waals surface area (Å²) in [6.45, 7) is 5.31. The van der Waals surface area contributed by atoms with Gasteiger partial charge in [0.1, 0.15) is 41.3 Å². The Kier molecular flexibility index (Phi) is 20.2. The summed E-state index contributed by atoms with van der Waals surface area (Å²) in [7, 11) is 0. The summed E-state index contributed by atoms with van der Waals surface area (Å²) in [6.07, 6.45) is 11.3. The maximum absolute atomic E-state index is 13.8. The Balaban J connectivity index is 0.000000237. The average molecular weight is 1040 g/mol. The minimum Gasteiger partial charge on any atom is -0.483 e. The number of alkyl carbamates (subject to hydrolysis) is 1. The van der Waals surface area contributed by atoms with E-state index in [9.17, 15) is 38.4 Å². The number of amides is 7. The van der Waals surface area contributed by atoms with Crippen LogP contribution < -0.4 is 36.1 Å². The summed E-state index contributed by atoms with van der Waals surface area (Å²) in [5.74, 6) is -2.39. The minimum absolute atomic E-state index is 0.0152. The highest BCUT2D eigenvalue weighted by atomic mass is 35.5. The van der Waals surface area contributed by atoms with Crippen LogP contribution in [-0.2, 0) is 51.4 Å². The number of fused-ring (bicyclic) bond motifs is 2. The standard InChI is InChI=1S/C27H38ClN3O7.C24H31ClN4O5/c1-27(2,3)38-26(36)30-23(17-8-5-4-6-9-17)25(35)31-13-7-10-20(31)24(34)29-15-18-14-19(28)11-12-21(18)37-16-22(32)33;25-17-8-9-19-16(11-17)12-27-23(32)18-7-4-10-29(18)24(33)22(15-5-2-1-3-6-15)28-20(30)13-26-21(31)14-34-19/h11-12,14,17,20,23H,4-10,13,15-16H2,1-3H3,(H,29,34)(H,30,36)(H,32,33);8-9,11,15,18,22H,1-7,10,12-14H2,(H,26,31)(H,27,32)(H,28,30)/t20-,23?;18-,22?/m00/s1. The van der Waals surface area contributed by atoms with E-state index in [1.165, 1.54) is 0 Å². The first-order valence-corrected chi connectivity index (χ1v) is 25.9. The van der Waals surface area contributed by atoms with Crippen molar-refractivity contribution in [1.29, 1.82) is 0 Å². The van der Waals surface area contributed by atoms with Gasteiger partial charge in [0, 0.05) is 47.4 Å². The van der Waals surface area contributed by atoms with Gasteiger partial charge in [0.2, 0.25) is 29.5 Å². The molecule has 6 N–H and O–H groups in total. The maximum Gasteiger partial charge on any atom is 0.408 e. The molecule has 2 saturated heterocycles. The number of ether oxygens (including phenoxy) is 3. The first kappa shape index (κ1) is 55.5. The van der Waals surface area contributed by atoms with E-state index in [2.05, 4.69) is 26.6 Å². The number of carboxylic acids is 1. The highest BCUT2D eigenvalue weighted by molar-refractivity contribution is 6.31. The number of carboxylic acid groups (broad SMARTS) is 1. The fourth-order valence-corrected chi connectivity index (χ4v) is 10.5. The number of hydrogen-bond donors (Lipinski definition) is 6. The molecular weight excluding hydrogens is 974 g/mol. The molecule has 2 unspecified atom stereocenters. The molecule has 3 aliphatic heterocycles. The topological polar surface area (TPSA) is 251 Å². The Bertz CT molecular complexity index is 2280. The van der Waals surface area contributed by atoms with Crippen molar-refractivity contribution < 1.29 is 57.7 Å². The average Bonchev–Trinajstić information content (AvgIpc) is 4.06. The lowest BCUT2D eigenvalue weighted by Crippen LogP contribution is -2.57. The summed E-state index contributed by atoms with van der Waals surface area (Å²) in [6, 6.07) is 6.91. The quantitative estimate of drug-likeness (QED) is 0.175. The van der Waals surface area contributed by atoms with Crippen molar-refractivity contribution >= 4 is 70.7 Å². The summed E-state index contributed by atoms with van der Waals surface area (Å²) >= 11 is 12.2. The molecule has 19 nitrogen and oxygen atoms in total. The van der Waals surface area contributed by atoms with Crippen LogP contribution in [0.1, 0.15) is 122 Å². The second kappa shape index (κ2) is 26.2. The second-order valence-corrected chi connectivity index (χ2v) is 20.9. The molecule has 2 aliphatic carbocycles. The Labute approximate surface area is 430 Å². The van der Waals surface area contributed by atoms with Crippen molar-refractivity contribution in [2.45, 2.75) is 154 Å². The van der Waals surface area contributed by atoms with E-state index in [-0.39, 0.29) is 61.7 Å². The number of carbonyl (C=O) groups is 8. The van der Waals surface area contributed by atoms with Gasteiger partial charge >= 0.3 is 12.1 Å². The van der Waals surface area contributed by atoms with Crippen LogP contribution in [-0.4, -0.2) is 125 Å². The molecule has 0 spiro atoms. The Morgan fingerprint density at radius 2 is 1.50 bits per heavy atom. The van der Waals surface area contributed by atoms with Gasteiger partial charge in [-0.3, -0.25) is 28.8 Å². The Morgan fingerprint density at radius 1 is 0.819 bits per heavy atom. The van der Waals surface area contributed by atoms with Crippen molar-refractivity contribution in [3.63, 3.8) is 0 Å². The highest BCUT2D eigenvalue weighted by Crippen LogP contribution is 2.32. The van der Waals surface area contributed by atoms with Gasteiger partial charge < -0.3 is 55.7 Å². The molecule has 2 aromatic rings. The maximum atomic E-state index is 13.8. The molecule has 72 heavy (non-hydrogen) atoms. The van der Waals surface area contributed by atoms with Crippen LogP contribution >= 0.6 is 23.2 Å². The van der Waals surface area contributed by atoms with E-state index in [1.54, 1.807) is 67.0 Å². The van der Waals surface area contributed by atoms with Crippen molar-refractivity contribution in [1.82, 2.24) is 36.4 Å². The second-order valence-electron chi connectivity index (χ2n) is 20.0. The molecule has 3 heterocycles. The molecule has 394 valence electrons. The third kappa shape index (κ3) is 16.1. The molecule has 21 heteroatoms. The first-order valence-electron chi connectivity index (χ1n) is 25.1. The summed E-state index contributed by atoms with van der Waals surface area (Å²) in [5, 5.41) is 23.8. The van der Waals surface area contributed by atoms with Crippen LogP contribution in [0.15, 0.2) is 36.4 Å². The third-order valence-corrected chi connectivity index (χ3v) is 14.0. The summed E-state index contributed by atoms with van der Waals surface area (Å²) in [4.78, 5) is 105. The fourth-order valence-electron chi connectivity index (χ4n) is 10.1. The molecular formula is C51H69Cl2N7O12. The van der Waals surface area contributed by atoms with E-state index in [4.69, 9.17) is 42.5 Å². The van der Waals surface area contributed by atoms with Gasteiger partial charge in [-0.25, -0.2) is 9.59 Å². The molecule has 2 saturated carbocycles. The van der Waals surface area contributed by atoms with Crippen LogP contribution in [0.3, 0.4) is 0 Å². The van der Waals surface area contributed by atoms with Gasteiger partial charge in [-0.1, -0.05) is 61.7 Å². The van der Waals surface area contributed by atoms with Crippen LogP contribution in [0.2, 0.25) is 10.0 Å². The zero-order chi connectivity index (χ0) is 52.0. The number of hydrogen-bond acceptors (Lipinski definition) is 11. The molecule has 7 rings (SSSR count). The van der Waals surface area contributed by atoms with Gasteiger partial charge in [-0.05, 0) is 120 Å². The molecule has 2 aromatic carbocycles. The van der Waals surface area contributed by atoms with Crippen molar-refractivity contribution in [2.75, 3.05) is 32.8 Å². The predicted molar refractivity (Wildman–Crippen MR) is 266 cm³/mol. The van der Waals surface area contributed by atoms with Gasteiger partial charge in [0.05, 0.1) is 6.54 Å². The monoisotopic (exact) mass is 1040 g/mol. The third-order valence-electron chi connectivity index (χ3n) is 13.5. The molecule has 0 radical (unpaired) electrons. The van der Waals surface area contributed by atoms with E-state index < -0.39 is 60.3 Å². The number of aliphatic carboxylic acids is 1. The summed E-state index contributed by atoms with van der Waals surface area (Å²) in [5.41, 5.74) is 0.442. The number of halogens is 2. The van der Waals surface area contributed by atoms with Crippen molar-refractivity contribution in [3.8, 4) is 11.5 Å². The van der Waals surface area contributed by atoms with Gasteiger partial charge in [-0.2, -0.15) is 0 Å². The Morgan fingerprint density at radius 3 is 2.21 bits per heavy atom. The predicted octanol–water partition coefficient (Wildman–Crippen LogP) is 5.41. The molecule has 0 aromatic heterocycles. The SMILES string of the molecule is CC(C)(C)OC(=O)NC(C(=O)N1CCC[C@H]1C(=O)NCc1cc(Cl)ccc1OCC(=O)O)C1CCCCC1.O=C1COc2ccc(Cl)cc2CNC(=O)[C@@H]2CCCN2C(=O)C(C2CCCCC2)NC(=O)CN1. The molecule has 4 atom stereocenters. The Hall–Kier alpha value is -5.82. The van der Waals surface area contributed by atoms with Crippen LogP contribution in [0.5, 0.6) is 11.5 Å². The van der Waals surface area contributed by atoms with Crippen molar-refractivity contribution in [3.05, 3.63) is 57.6 Å². The zero-order valence-corrected chi connectivity index (χ0v) is 42.9. The largest absolute Gasteiger partial charge is 0.483 e. The lowest BCUT2D eigenvalue weighted by atomic mass is 9.83. The molecule has 7 amide bonds. The zero-order valence-electron chi connectivity index (χ0n) is 41.4. The van der Waals surface area contributed by atoms with E-state index >= 15 is 0 Å². The lowest BCUT2D eigenvalue weighted by molar-refractivity contribution is -0.143. The van der Waals surface area contributed by atoms with Gasteiger partial charge in [-0.15, -0.1) is 0 Å². The fraction of sp³-hybridized carbons (Fsp3) is 0.608. The van der Waals surface area contributed by atoms with E-state index in [0.29, 0.717) is 65.0 Å². The smallest absolute Gasteiger partial charge is 0.408 e. The number of carbonyl (C=O) groups excluding carboxylic acids is 7. The molecule has 4 fully saturated rings. The van der Waals surface area contributed by atoms with Crippen LogP contribution in [0, 0.1) is 11.8 Å². The van der Waals surface area contributed by atoms with Gasteiger partial charge in [0.15, 0.2) is 13.2 Å². The highest BCUT2D eigenvalue weighted by Gasteiger charge is 2.43. The number of nitrogens with zero attached hydrogens (tertiary/aromatic N) is 2. The first-order chi connectivity index (χ1) is 34.4. The number of benzene rings is 2. The molecule has 5 aliphatic rings. The van der Waals surface area contributed by atoms with E-state index in [0.717, 1.165) is 70.6 Å².